The van der Waals surface area contributed by atoms with Crippen molar-refractivity contribution in [3.05, 3.63) is 107 Å². The number of carbonyl (C=O) groups is 3. The highest BCUT2D eigenvalue weighted by atomic mass is 31.3. The van der Waals surface area contributed by atoms with Crippen LogP contribution in [0, 0.1) is 0 Å². The number of aromatic nitrogens is 4. The number of aliphatic hydroxyl groups is 1. The minimum atomic E-state index is -5.45. The molecule has 8 N–H and O–H groups in total. The van der Waals surface area contributed by atoms with Gasteiger partial charge in [-0.25, -0.2) is 33.5 Å². The summed E-state index contributed by atoms with van der Waals surface area (Å²) >= 11 is 0. The molecule has 3 aliphatic rings. The summed E-state index contributed by atoms with van der Waals surface area (Å²) in [7, 11) is -1.03. The molecule has 0 radical (unpaired) electrons. The first-order chi connectivity index (χ1) is 33.0. The number of phosphoric ester groups is 1. The predicted octanol–water partition coefficient (Wildman–Crippen LogP) is 3.02. The summed E-state index contributed by atoms with van der Waals surface area (Å²) in [6.07, 6.45) is 1.98. The van der Waals surface area contributed by atoms with E-state index in [9.17, 15) is 33.5 Å². The number of carbonyl (C=O) groups excluding carboxylic acids is 3. The summed E-state index contributed by atoms with van der Waals surface area (Å²) in [5.74, 6) is -0.529. The summed E-state index contributed by atoms with van der Waals surface area (Å²) in [6.45, 7) is 3.67. The number of nitrogen functional groups attached to an aromatic ring is 1. The number of hydrogen-bond acceptors (Lipinski definition) is 15. The molecule has 7 rings (SSSR count). The van der Waals surface area contributed by atoms with Gasteiger partial charge < -0.3 is 55.4 Å². The SMILES string of the molecule is CN(CCCC(=O)NCCNC(=O)O[C@@H]1[C@H](O)[C@@H](COP(=O)(O)OP(=O)(O)O)O[C@H]1n1cnc2c(N)ncnc21)C(=O)c1ccccc1C1=C2C=CC(=[N+](C)C)C=C2C(C)(C)c2cc(N(C)C)ccc21. The Labute approximate surface area is 403 Å². The van der Waals surface area contributed by atoms with Gasteiger partial charge in [0.05, 0.1) is 12.9 Å². The van der Waals surface area contributed by atoms with Gasteiger partial charge in [0.2, 0.25) is 5.91 Å². The average molecular weight is 1010 g/mol. The van der Waals surface area contributed by atoms with Gasteiger partial charge in [0.15, 0.2) is 29.5 Å². The van der Waals surface area contributed by atoms with Crippen molar-refractivity contribution >= 4 is 67.5 Å². The van der Waals surface area contributed by atoms with Crippen molar-refractivity contribution in [3.8, 4) is 0 Å². The number of anilines is 2. The first kappa shape index (κ1) is 51.7. The second kappa shape index (κ2) is 20.7. The zero-order valence-corrected chi connectivity index (χ0v) is 41.3. The van der Waals surface area contributed by atoms with Crippen molar-refractivity contribution in [2.45, 2.75) is 56.6 Å². The zero-order valence-electron chi connectivity index (χ0n) is 39.5. The normalized spacial score (nSPS) is 20.3. The molecule has 3 amide bonds. The Hall–Kier alpha value is -6.13. The van der Waals surface area contributed by atoms with Crippen LogP contribution in [0.1, 0.15) is 60.0 Å². The van der Waals surface area contributed by atoms with Crippen molar-refractivity contribution in [3.63, 3.8) is 0 Å². The van der Waals surface area contributed by atoms with E-state index in [2.05, 4.69) is 94.2 Å². The van der Waals surface area contributed by atoms with E-state index in [0.717, 1.165) is 51.1 Å². The number of nitrogens with zero attached hydrogens (tertiary/aromatic N) is 7. The number of alkyl carbamates (subject to hydrolysis) is 1. The smallest absolute Gasteiger partial charge is 0.439 e. The van der Waals surface area contributed by atoms with Gasteiger partial charge in [-0.3, -0.25) is 18.7 Å². The number of rotatable bonds is 17. The van der Waals surface area contributed by atoms with E-state index < -0.39 is 52.9 Å². The molecule has 374 valence electrons. The van der Waals surface area contributed by atoms with Crippen LogP contribution in [-0.4, -0.2) is 152 Å². The number of fused-ring (bicyclic) bond motifs is 3. The first-order valence-corrected chi connectivity index (χ1v) is 25.1. The second-order valence-electron chi connectivity index (χ2n) is 17.7. The molecule has 2 aromatic carbocycles. The Morgan fingerprint density at radius 2 is 1.71 bits per heavy atom. The number of ether oxygens (including phenoxy) is 2. The monoisotopic (exact) mass is 1010 g/mol. The fraction of sp³-hybridized carbons (Fsp3) is 0.400. The number of imidazole rings is 1. The number of amides is 3. The van der Waals surface area contributed by atoms with Gasteiger partial charge in [-0.05, 0) is 64.1 Å². The molecule has 1 fully saturated rings. The quantitative estimate of drug-likeness (QED) is 0.0454. The van der Waals surface area contributed by atoms with Crippen molar-refractivity contribution in [1.29, 1.82) is 0 Å². The van der Waals surface area contributed by atoms with E-state index >= 15 is 0 Å². The van der Waals surface area contributed by atoms with Crippen LogP contribution in [0.4, 0.5) is 16.3 Å². The molecule has 2 aliphatic carbocycles. The fourth-order valence-corrected chi connectivity index (χ4v) is 10.2. The number of benzene rings is 2. The maximum Gasteiger partial charge on any atom is 0.481 e. The van der Waals surface area contributed by atoms with Gasteiger partial charge in [0.1, 0.15) is 38.1 Å². The zero-order chi connectivity index (χ0) is 50.9. The molecule has 1 saturated heterocycles. The van der Waals surface area contributed by atoms with Crippen LogP contribution in [0.2, 0.25) is 0 Å². The van der Waals surface area contributed by atoms with Crippen LogP contribution in [0.15, 0.2) is 84.5 Å². The van der Waals surface area contributed by atoms with Crippen LogP contribution in [-0.2, 0) is 37.6 Å². The van der Waals surface area contributed by atoms with Crippen molar-refractivity contribution in [2.75, 3.05) is 72.1 Å². The van der Waals surface area contributed by atoms with Gasteiger partial charge in [0.25, 0.3) is 5.91 Å². The lowest BCUT2D eigenvalue weighted by molar-refractivity contribution is -0.462. The maximum atomic E-state index is 14.3. The average Bonchev–Trinajstić information content (AvgIpc) is 3.86. The van der Waals surface area contributed by atoms with Crippen LogP contribution in [0.5, 0.6) is 0 Å². The third-order valence-electron chi connectivity index (χ3n) is 12.1. The summed E-state index contributed by atoms with van der Waals surface area (Å²) in [6, 6.07) is 14.0. The Bertz CT molecular complexity index is 2920. The first-order valence-electron chi connectivity index (χ1n) is 22.1. The lowest BCUT2D eigenvalue weighted by Gasteiger charge is -2.39. The summed E-state index contributed by atoms with van der Waals surface area (Å²) in [5.41, 5.74) is 14.7. The van der Waals surface area contributed by atoms with E-state index in [-0.39, 0.29) is 60.3 Å². The summed E-state index contributed by atoms with van der Waals surface area (Å²) in [4.78, 5) is 83.7. The van der Waals surface area contributed by atoms with Gasteiger partial charge >= 0.3 is 21.7 Å². The highest BCUT2D eigenvalue weighted by Gasteiger charge is 2.49. The topological polar surface area (TPSA) is 306 Å². The molecule has 0 saturated carbocycles. The highest BCUT2D eigenvalue weighted by Crippen LogP contribution is 2.58. The summed E-state index contributed by atoms with van der Waals surface area (Å²) < 4.78 is 46.4. The maximum absolute atomic E-state index is 14.3. The minimum Gasteiger partial charge on any atom is -0.439 e. The minimum absolute atomic E-state index is 0.00608. The third-order valence-corrected chi connectivity index (χ3v) is 14.3. The third kappa shape index (κ3) is 11.2. The number of phosphoric acid groups is 2. The molecule has 70 heavy (non-hydrogen) atoms. The number of aliphatic hydroxyl groups excluding tert-OH is 1. The van der Waals surface area contributed by atoms with Crippen LogP contribution < -0.4 is 21.3 Å². The van der Waals surface area contributed by atoms with Gasteiger partial charge in [-0.2, -0.15) is 4.31 Å². The van der Waals surface area contributed by atoms with Crippen molar-refractivity contribution in [2.24, 2.45) is 0 Å². The fourth-order valence-electron chi connectivity index (χ4n) is 8.55. The largest absolute Gasteiger partial charge is 0.481 e. The highest BCUT2D eigenvalue weighted by molar-refractivity contribution is 7.60. The number of nitrogens with one attached hydrogen (secondary N) is 2. The molecular weight excluding hydrogens is 950 g/mol. The molecule has 5 atom stereocenters. The molecule has 1 unspecified atom stereocenters. The van der Waals surface area contributed by atoms with E-state index in [4.69, 9.17) is 25.0 Å². The van der Waals surface area contributed by atoms with Gasteiger partial charge in [-0.1, -0.05) is 38.1 Å². The lowest BCUT2D eigenvalue weighted by atomic mass is 9.64. The summed E-state index contributed by atoms with van der Waals surface area (Å²) in [5, 5.41) is 16.3. The molecule has 2 aromatic heterocycles. The molecule has 3 heterocycles. The van der Waals surface area contributed by atoms with Crippen LogP contribution >= 0.6 is 15.6 Å². The Morgan fingerprint density at radius 1 is 0.986 bits per heavy atom. The van der Waals surface area contributed by atoms with E-state index in [1.807, 2.05) is 52.5 Å². The van der Waals surface area contributed by atoms with E-state index in [0.29, 0.717) is 12.0 Å². The van der Waals surface area contributed by atoms with Crippen LogP contribution in [0.3, 0.4) is 0 Å². The lowest BCUT2D eigenvalue weighted by Crippen LogP contribution is -2.41. The van der Waals surface area contributed by atoms with E-state index in [1.54, 1.807) is 11.9 Å². The Balaban J connectivity index is 0.953. The molecule has 1 aliphatic heterocycles. The second-order valence-corrected chi connectivity index (χ2v) is 20.6. The van der Waals surface area contributed by atoms with Crippen molar-refractivity contribution < 1.29 is 66.2 Å². The van der Waals surface area contributed by atoms with Crippen molar-refractivity contribution in [1.82, 2.24) is 35.1 Å². The van der Waals surface area contributed by atoms with Gasteiger partial charge in [-0.15, -0.1) is 0 Å². The molecular formula is C45H57N10O13P2+. The Morgan fingerprint density at radius 3 is 2.43 bits per heavy atom. The number of hydrogen-bond donors (Lipinski definition) is 7. The molecule has 0 spiro atoms. The Kier molecular flexibility index (Phi) is 15.3. The molecule has 4 aromatic rings. The number of nitrogens with two attached hydrogens (primary N) is 1. The van der Waals surface area contributed by atoms with Gasteiger partial charge in [0, 0.05) is 76.0 Å². The van der Waals surface area contributed by atoms with E-state index in [1.165, 1.54) is 10.9 Å². The standard InChI is InChI=1S/C45H56N10O13P2/c1-45(2)32-21-26(52(3)4)14-16-30(32)36(31-17-15-27(53(5)6)22-33(31)45)28-11-8-9-12-29(28)42(58)54(7)20-10-13-35(56)47-18-19-48-44(59)67-39-38(57)34(23-65-70(63,64)68-69(60,61)62)66-43(39)55-25-51-37-40(46)49-24-50-41(37)55/h8-9,11-12,14-17,21-22,24-25,34,38-39,43,57H,10,13,18-20,23H2,1-7H3,(H6-,46,47,48,49,50,56,59,60,61,62,63,64)/p+1/t34-,38-,39-,43-/m1/s1. The predicted molar refractivity (Wildman–Crippen MR) is 257 cm³/mol. The number of allylic oxidation sites excluding steroid dienone is 5. The molecule has 0 bridgehead atoms. The van der Waals surface area contributed by atoms with Crippen LogP contribution in [0.25, 0.3) is 16.7 Å². The molecule has 25 heteroatoms. The molecule has 23 nitrogen and oxygen atoms in total.